The molecular weight excluding hydrogens is 259 g/mol. The summed E-state index contributed by atoms with van der Waals surface area (Å²) in [4.78, 5) is 10.9. The van der Waals surface area contributed by atoms with Crippen molar-refractivity contribution in [1.82, 2.24) is 0 Å². The molecule has 1 rings (SSSR count). The predicted octanol–water partition coefficient (Wildman–Crippen LogP) is 3.27. The Hall–Kier alpha value is -1.92. The van der Waals surface area contributed by atoms with Crippen LogP contribution in [0, 0.1) is 17.5 Å². The first-order valence-corrected chi connectivity index (χ1v) is 4.57. The van der Waals surface area contributed by atoms with Gasteiger partial charge in [0.1, 0.15) is 5.56 Å². The van der Waals surface area contributed by atoms with Gasteiger partial charge in [0.2, 0.25) is 0 Å². The van der Waals surface area contributed by atoms with Gasteiger partial charge in [0.25, 0.3) is 0 Å². The van der Waals surface area contributed by atoms with Crippen LogP contribution in [0.3, 0.4) is 0 Å². The fourth-order valence-corrected chi connectivity index (χ4v) is 1.01. The summed E-state index contributed by atoms with van der Waals surface area (Å²) in [6.07, 6.45) is -4.42. The Bertz CT molecular complexity index is 510. The lowest BCUT2D eigenvalue weighted by atomic mass is 10.2. The largest absolute Gasteiger partial charge is 0.431 e. The van der Waals surface area contributed by atoms with Crippen LogP contribution in [0.15, 0.2) is 24.3 Å². The van der Waals surface area contributed by atoms with Crippen LogP contribution in [0.4, 0.5) is 22.0 Å². The Morgan fingerprint density at radius 1 is 1.22 bits per heavy atom. The number of carbonyl (C=O) groups is 1. The molecule has 0 aromatic heterocycles. The van der Waals surface area contributed by atoms with E-state index in [1.807, 2.05) is 0 Å². The zero-order valence-corrected chi connectivity index (χ0v) is 9.07. The van der Waals surface area contributed by atoms with Crippen LogP contribution in [0.5, 0.6) is 0 Å². The number of ether oxygens (including phenoxy) is 1. The molecule has 0 N–H and O–H groups in total. The molecule has 2 nitrogen and oxygen atoms in total. The van der Waals surface area contributed by atoms with Gasteiger partial charge in [-0.15, -0.1) is 0 Å². The van der Waals surface area contributed by atoms with E-state index in [1.54, 1.807) is 0 Å². The summed E-state index contributed by atoms with van der Waals surface area (Å²) in [6, 6.07) is 0.593. The smallest absolute Gasteiger partial charge is 0.393 e. The summed E-state index contributed by atoms with van der Waals surface area (Å²) < 4.78 is 68.7. The van der Waals surface area contributed by atoms with Crippen molar-refractivity contribution in [3.63, 3.8) is 0 Å². The monoisotopic (exact) mass is 266 g/mol. The summed E-state index contributed by atoms with van der Waals surface area (Å²) in [5, 5.41) is 0. The van der Waals surface area contributed by atoms with Gasteiger partial charge in [-0.2, -0.15) is 8.78 Å². The second-order valence-corrected chi connectivity index (χ2v) is 3.41. The zero-order valence-electron chi connectivity index (χ0n) is 9.07. The second-order valence-electron chi connectivity index (χ2n) is 3.41. The van der Waals surface area contributed by atoms with Crippen LogP contribution in [-0.2, 0) is 15.6 Å². The first-order valence-electron chi connectivity index (χ1n) is 4.57. The van der Waals surface area contributed by atoms with Crippen molar-refractivity contribution in [2.24, 2.45) is 0 Å². The topological polar surface area (TPSA) is 26.3 Å². The van der Waals surface area contributed by atoms with Crippen LogP contribution in [0.1, 0.15) is 12.5 Å². The molecule has 98 valence electrons. The molecule has 0 aliphatic rings. The number of esters is 1. The van der Waals surface area contributed by atoms with E-state index in [-0.39, 0.29) is 5.57 Å². The number of hydrogen-bond acceptors (Lipinski definition) is 2. The van der Waals surface area contributed by atoms with Gasteiger partial charge in [-0.05, 0) is 19.1 Å². The van der Waals surface area contributed by atoms with Crippen LogP contribution >= 0.6 is 0 Å². The van der Waals surface area contributed by atoms with E-state index < -0.39 is 35.1 Å². The van der Waals surface area contributed by atoms with Gasteiger partial charge in [0.15, 0.2) is 17.5 Å². The average molecular weight is 266 g/mol. The highest BCUT2D eigenvalue weighted by atomic mass is 19.3. The number of carbonyl (C=O) groups excluding carboxylic acids is 1. The summed E-state index contributed by atoms with van der Waals surface area (Å²) in [5.74, 6) is -7.30. The molecule has 0 atom stereocenters. The Balaban J connectivity index is 3.17. The fraction of sp³-hybridized carbons (Fsp3) is 0.182. The molecule has 0 saturated carbocycles. The van der Waals surface area contributed by atoms with Gasteiger partial charge >= 0.3 is 12.1 Å². The molecule has 0 heterocycles. The molecule has 0 aliphatic carbocycles. The Kier molecular flexibility index (Phi) is 3.73. The molecule has 0 amide bonds. The van der Waals surface area contributed by atoms with E-state index in [1.165, 1.54) is 0 Å². The van der Waals surface area contributed by atoms with Crippen molar-refractivity contribution < 1.29 is 31.5 Å². The van der Waals surface area contributed by atoms with Gasteiger partial charge < -0.3 is 4.74 Å². The van der Waals surface area contributed by atoms with Crippen molar-refractivity contribution >= 4 is 5.97 Å². The van der Waals surface area contributed by atoms with E-state index in [2.05, 4.69) is 11.3 Å². The van der Waals surface area contributed by atoms with E-state index >= 15 is 0 Å². The van der Waals surface area contributed by atoms with Crippen LogP contribution in [-0.4, -0.2) is 5.97 Å². The molecule has 0 spiro atoms. The Labute approximate surface area is 98.7 Å². The molecule has 18 heavy (non-hydrogen) atoms. The number of halogens is 5. The quantitative estimate of drug-likeness (QED) is 0.363. The fourth-order valence-electron chi connectivity index (χ4n) is 1.01. The van der Waals surface area contributed by atoms with Crippen LogP contribution in [0.25, 0.3) is 0 Å². The van der Waals surface area contributed by atoms with Gasteiger partial charge in [-0.1, -0.05) is 6.58 Å². The normalized spacial score (nSPS) is 11.2. The van der Waals surface area contributed by atoms with Crippen molar-refractivity contribution in [3.8, 4) is 0 Å². The van der Waals surface area contributed by atoms with Crippen LogP contribution < -0.4 is 0 Å². The van der Waals surface area contributed by atoms with E-state index in [4.69, 9.17) is 0 Å². The van der Waals surface area contributed by atoms with E-state index in [9.17, 15) is 26.7 Å². The minimum absolute atomic E-state index is 0.291. The molecule has 1 aromatic rings. The zero-order chi connectivity index (χ0) is 14.1. The highest BCUT2D eigenvalue weighted by Gasteiger charge is 2.41. The molecule has 0 bridgehead atoms. The number of rotatable bonds is 3. The maximum absolute atomic E-state index is 13.3. The lowest BCUT2D eigenvalue weighted by molar-refractivity contribution is -0.238. The lowest BCUT2D eigenvalue weighted by Crippen LogP contribution is -2.25. The second kappa shape index (κ2) is 4.75. The van der Waals surface area contributed by atoms with Crippen molar-refractivity contribution in [2.75, 3.05) is 0 Å². The third-order valence-corrected chi connectivity index (χ3v) is 1.92. The van der Waals surface area contributed by atoms with Crippen molar-refractivity contribution in [3.05, 3.63) is 47.3 Å². The average Bonchev–Trinajstić information content (AvgIpc) is 2.24. The maximum Gasteiger partial charge on any atom is 0.431 e. The minimum Gasteiger partial charge on any atom is -0.393 e. The number of alkyl halides is 2. The molecule has 7 heteroatoms. The molecule has 1 aromatic carbocycles. The summed E-state index contributed by atoms with van der Waals surface area (Å²) in [6.45, 7) is 4.15. The SMILES string of the molecule is C=C(C)C(=O)OC(F)(F)c1ccc(F)c(F)c1F. The molecule has 0 saturated heterocycles. The standard InChI is InChI=1S/C11H7F5O2/c1-5(2)10(17)18-11(15,16)6-3-4-7(12)9(14)8(6)13/h3-4H,1H2,2H3. The number of benzene rings is 1. The lowest BCUT2D eigenvalue weighted by Gasteiger charge is -2.17. The Morgan fingerprint density at radius 2 is 1.78 bits per heavy atom. The highest BCUT2D eigenvalue weighted by molar-refractivity contribution is 5.87. The molecule has 0 aliphatic heterocycles. The third-order valence-electron chi connectivity index (χ3n) is 1.92. The first-order chi connectivity index (χ1) is 8.16. The highest BCUT2D eigenvalue weighted by Crippen LogP contribution is 2.33. The molecule has 0 unspecified atom stereocenters. The van der Waals surface area contributed by atoms with Crippen molar-refractivity contribution in [2.45, 2.75) is 13.0 Å². The number of hydrogen-bond donors (Lipinski definition) is 0. The summed E-state index contributed by atoms with van der Waals surface area (Å²) in [7, 11) is 0. The molecule has 0 radical (unpaired) electrons. The Morgan fingerprint density at radius 3 is 2.28 bits per heavy atom. The minimum atomic E-state index is -4.42. The summed E-state index contributed by atoms with van der Waals surface area (Å²) in [5.41, 5.74) is -1.92. The van der Waals surface area contributed by atoms with Gasteiger partial charge in [0, 0.05) is 5.57 Å². The first kappa shape index (κ1) is 14.1. The van der Waals surface area contributed by atoms with Gasteiger partial charge in [0.05, 0.1) is 0 Å². The maximum atomic E-state index is 13.3. The van der Waals surface area contributed by atoms with Gasteiger partial charge in [-0.3, -0.25) is 0 Å². The van der Waals surface area contributed by atoms with Crippen LogP contribution in [0.2, 0.25) is 0 Å². The summed E-state index contributed by atoms with van der Waals surface area (Å²) >= 11 is 0. The van der Waals surface area contributed by atoms with E-state index in [0.717, 1.165) is 6.92 Å². The molecular formula is C11H7F5O2. The van der Waals surface area contributed by atoms with Crippen molar-refractivity contribution in [1.29, 1.82) is 0 Å². The molecule has 0 fully saturated rings. The van der Waals surface area contributed by atoms with Gasteiger partial charge in [-0.25, -0.2) is 18.0 Å². The van der Waals surface area contributed by atoms with E-state index in [0.29, 0.717) is 12.1 Å². The predicted molar refractivity (Wildman–Crippen MR) is 51.1 cm³/mol. The third kappa shape index (κ3) is 2.66.